The predicted molar refractivity (Wildman–Crippen MR) is 111 cm³/mol. The fraction of sp³-hybridized carbons (Fsp3) is 0.435. The zero-order valence-electron chi connectivity index (χ0n) is 17.0. The molecule has 0 spiro atoms. The summed E-state index contributed by atoms with van der Waals surface area (Å²) in [6.07, 6.45) is 0.910. The van der Waals surface area contributed by atoms with Crippen LogP contribution in [0.5, 0.6) is 0 Å². The maximum absolute atomic E-state index is 12.5. The topological polar surface area (TPSA) is 32.3 Å². The van der Waals surface area contributed by atoms with Crippen LogP contribution in [-0.4, -0.2) is 24.4 Å². The molecule has 0 aliphatic carbocycles. The van der Waals surface area contributed by atoms with Gasteiger partial charge in [0.15, 0.2) is 0 Å². The van der Waals surface area contributed by atoms with Crippen molar-refractivity contribution in [3.63, 3.8) is 0 Å². The van der Waals surface area contributed by atoms with Crippen molar-refractivity contribution in [2.45, 2.75) is 53.0 Å². The number of nitrogens with zero attached hydrogens (tertiary/aromatic N) is 1. The van der Waals surface area contributed by atoms with Gasteiger partial charge in [0, 0.05) is 12.2 Å². The van der Waals surface area contributed by atoms with E-state index in [1.54, 1.807) is 0 Å². The molecule has 1 N–H and O–H groups in total. The van der Waals surface area contributed by atoms with Crippen LogP contribution in [-0.2, 0) is 23.2 Å². The van der Waals surface area contributed by atoms with Crippen molar-refractivity contribution in [1.29, 1.82) is 0 Å². The number of rotatable bonds is 6. The fourth-order valence-corrected chi connectivity index (χ4v) is 3.10. The number of nitrogens with one attached hydrogen (secondary N) is 1. The molecule has 0 saturated carbocycles. The molecule has 2 rings (SSSR count). The number of benzene rings is 2. The lowest BCUT2D eigenvalue weighted by Crippen LogP contribution is -2.30. The first-order valence-electron chi connectivity index (χ1n) is 9.37. The molecule has 0 bridgehead atoms. The number of hydrogen-bond acceptors (Lipinski definition) is 2. The van der Waals surface area contributed by atoms with Crippen molar-refractivity contribution in [2.24, 2.45) is 0 Å². The Balaban J connectivity index is 1.95. The van der Waals surface area contributed by atoms with Crippen LogP contribution in [0.2, 0.25) is 0 Å². The number of hydrogen-bond donors (Lipinski definition) is 1. The molecule has 26 heavy (non-hydrogen) atoms. The normalized spacial score (nSPS) is 11.7. The van der Waals surface area contributed by atoms with Crippen LogP contribution in [0.3, 0.4) is 0 Å². The Bertz CT molecular complexity index is 742. The summed E-state index contributed by atoms with van der Waals surface area (Å²) in [5.74, 6) is 0.0304. The summed E-state index contributed by atoms with van der Waals surface area (Å²) in [6.45, 7) is 11.9. The summed E-state index contributed by atoms with van der Waals surface area (Å²) in [4.78, 5) is 14.5. The fourth-order valence-electron chi connectivity index (χ4n) is 3.10. The van der Waals surface area contributed by atoms with Crippen molar-refractivity contribution in [2.75, 3.05) is 18.9 Å². The molecule has 0 aliphatic rings. The maximum Gasteiger partial charge on any atom is 0.238 e. The van der Waals surface area contributed by atoms with Crippen molar-refractivity contribution in [3.05, 3.63) is 64.7 Å². The molecule has 0 aliphatic heterocycles. The molecule has 0 radical (unpaired) electrons. The van der Waals surface area contributed by atoms with Crippen LogP contribution < -0.4 is 5.32 Å². The molecular weight excluding hydrogens is 320 g/mol. The Morgan fingerprint density at radius 2 is 1.73 bits per heavy atom. The van der Waals surface area contributed by atoms with E-state index in [1.165, 1.54) is 16.7 Å². The molecule has 0 atom stereocenters. The van der Waals surface area contributed by atoms with E-state index in [0.717, 1.165) is 24.2 Å². The zero-order chi connectivity index (χ0) is 19.3. The molecule has 3 heteroatoms. The Hall–Kier alpha value is -2.13. The van der Waals surface area contributed by atoms with E-state index in [9.17, 15) is 4.79 Å². The lowest BCUT2D eigenvalue weighted by Gasteiger charge is -2.21. The molecule has 3 nitrogen and oxygen atoms in total. The van der Waals surface area contributed by atoms with Crippen LogP contribution in [0.15, 0.2) is 42.5 Å². The summed E-state index contributed by atoms with van der Waals surface area (Å²) in [6, 6.07) is 14.8. The molecule has 0 fully saturated rings. The molecule has 0 aromatic heterocycles. The first-order valence-corrected chi connectivity index (χ1v) is 9.37. The Labute approximate surface area is 158 Å². The number of carbonyl (C=O) groups is 1. The largest absolute Gasteiger partial charge is 0.324 e. The summed E-state index contributed by atoms with van der Waals surface area (Å²) in [5, 5.41) is 3.09. The van der Waals surface area contributed by atoms with Crippen LogP contribution in [0, 0.1) is 6.92 Å². The Morgan fingerprint density at radius 3 is 2.31 bits per heavy atom. The van der Waals surface area contributed by atoms with Gasteiger partial charge in [-0.3, -0.25) is 9.69 Å². The summed E-state index contributed by atoms with van der Waals surface area (Å²) in [7, 11) is 1.98. The zero-order valence-corrected chi connectivity index (χ0v) is 17.0. The number of aryl methyl sites for hydroxylation is 2. The maximum atomic E-state index is 12.5. The van der Waals surface area contributed by atoms with Gasteiger partial charge in [-0.2, -0.15) is 0 Å². The van der Waals surface area contributed by atoms with Gasteiger partial charge in [0.1, 0.15) is 0 Å². The molecule has 140 valence electrons. The summed E-state index contributed by atoms with van der Waals surface area (Å²) < 4.78 is 0. The summed E-state index contributed by atoms with van der Waals surface area (Å²) in [5.41, 5.74) is 5.96. The highest BCUT2D eigenvalue weighted by atomic mass is 16.2. The highest BCUT2D eigenvalue weighted by molar-refractivity contribution is 5.93. The average molecular weight is 353 g/mol. The van der Waals surface area contributed by atoms with Crippen LogP contribution in [0.25, 0.3) is 0 Å². The lowest BCUT2D eigenvalue weighted by molar-refractivity contribution is -0.117. The van der Waals surface area contributed by atoms with Gasteiger partial charge < -0.3 is 5.32 Å². The van der Waals surface area contributed by atoms with E-state index in [4.69, 9.17) is 0 Å². The van der Waals surface area contributed by atoms with Crippen molar-refractivity contribution < 1.29 is 4.79 Å². The van der Waals surface area contributed by atoms with Crippen molar-refractivity contribution in [1.82, 2.24) is 4.90 Å². The monoisotopic (exact) mass is 352 g/mol. The molecule has 2 aromatic rings. The Morgan fingerprint density at radius 1 is 1.08 bits per heavy atom. The third-order valence-electron chi connectivity index (χ3n) is 4.69. The van der Waals surface area contributed by atoms with Crippen LogP contribution >= 0.6 is 0 Å². The van der Waals surface area contributed by atoms with Gasteiger partial charge in [-0.25, -0.2) is 0 Å². The average Bonchev–Trinajstić information content (AvgIpc) is 2.56. The van der Waals surface area contributed by atoms with Crippen molar-refractivity contribution in [3.8, 4) is 0 Å². The minimum Gasteiger partial charge on any atom is -0.324 e. The van der Waals surface area contributed by atoms with E-state index in [2.05, 4.69) is 63.3 Å². The van der Waals surface area contributed by atoms with E-state index >= 15 is 0 Å². The second kappa shape index (κ2) is 8.50. The second-order valence-electron chi connectivity index (χ2n) is 8.13. The van der Waals surface area contributed by atoms with E-state index in [0.29, 0.717) is 6.54 Å². The first kappa shape index (κ1) is 20.2. The second-order valence-corrected chi connectivity index (χ2v) is 8.13. The third-order valence-corrected chi connectivity index (χ3v) is 4.69. The highest BCUT2D eigenvalue weighted by Gasteiger charge is 2.14. The Kier molecular flexibility index (Phi) is 6.60. The molecule has 0 unspecified atom stereocenters. The molecule has 0 saturated heterocycles. The van der Waals surface area contributed by atoms with Gasteiger partial charge in [-0.05, 0) is 48.1 Å². The van der Waals surface area contributed by atoms with Crippen LogP contribution in [0.4, 0.5) is 5.69 Å². The van der Waals surface area contributed by atoms with Gasteiger partial charge in [0.25, 0.3) is 0 Å². The standard InChI is InChI=1S/C23H32N2O/c1-7-19-10-8-9-17(2)22(19)24-21(26)16-25(6)15-18-11-13-20(14-12-18)23(3,4)5/h8-14H,7,15-16H2,1-6H3,(H,24,26). The van der Waals surface area contributed by atoms with Crippen LogP contribution in [0.1, 0.15) is 49.9 Å². The van der Waals surface area contributed by atoms with Gasteiger partial charge in [0.2, 0.25) is 5.91 Å². The number of likely N-dealkylation sites (N-methyl/N-ethyl adjacent to an activating group) is 1. The highest BCUT2D eigenvalue weighted by Crippen LogP contribution is 2.23. The number of para-hydroxylation sites is 1. The molecule has 0 heterocycles. The van der Waals surface area contributed by atoms with Gasteiger partial charge in [-0.15, -0.1) is 0 Å². The SMILES string of the molecule is CCc1cccc(C)c1NC(=O)CN(C)Cc1ccc(C(C)(C)C)cc1. The smallest absolute Gasteiger partial charge is 0.238 e. The number of anilines is 1. The number of amides is 1. The minimum absolute atomic E-state index is 0.0304. The third kappa shape index (κ3) is 5.43. The predicted octanol–water partition coefficient (Wildman–Crippen LogP) is 4.93. The number of carbonyl (C=O) groups excluding carboxylic acids is 1. The molecule has 1 amide bonds. The quantitative estimate of drug-likeness (QED) is 0.800. The van der Waals surface area contributed by atoms with Gasteiger partial charge >= 0.3 is 0 Å². The van der Waals surface area contributed by atoms with Crippen molar-refractivity contribution >= 4 is 11.6 Å². The minimum atomic E-state index is 0.0304. The lowest BCUT2D eigenvalue weighted by atomic mass is 9.87. The molecule has 2 aromatic carbocycles. The van der Waals surface area contributed by atoms with E-state index < -0.39 is 0 Å². The van der Waals surface area contributed by atoms with Gasteiger partial charge in [0.05, 0.1) is 6.54 Å². The first-order chi connectivity index (χ1) is 12.2. The van der Waals surface area contributed by atoms with Gasteiger partial charge in [-0.1, -0.05) is 70.2 Å². The molecular formula is C23H32N2O. The summed E-state index contributed by atoms with van der Waals surface area (Å²) >= 11 is 0. The van der Waals surface area contributed by atoms with E-state index in [-0.39, 0.29) is 11.3 Å². The van der Waals surface area contributed by atoms with E-state index in [1.807, 2.05) is 31.0 Å².